The number of aliphatic hydroxyl groups is 1. The molecular formula is C93H121Cl4N9O5. The molecule has 14 nitrogen and oxygen atoms in total. The van der Waals surface area contributed by atoms with Gasteiger partial charge in [-0.05, 0) is 294 Å². The van der Waals surface area contributed by atoms with Crippen LogP contribution < -0.4 is 31.6 Å². The Morgan fingerprint density at radius 1 is 0.541 bits per heavy atom. The molecule has 0 saturated heterocycles. The molecule has 7 N–H and O–H groups in total. The number of nitrogens with two attached hydrogens (primary N) is 2. The van der Waals surface area contributed by atoms with E-state index < -0.39 is 51.5 Å². The lowest BCUT2D eigenvalue weighted by Crippen LogP contribution is -2.51. The Morgan fingerprint density at radius 3 is 1.31 bits per heavy atom. The lowest BCUT2D eigenvalue weighted by atomic mass is 9.64. The first-order valence-electron chi connectivity index (χ1n) is 39.1. The van der Waals surface area contributed by atoms with Crippen LogP contribution in [0.1, 0.15) is 226 Å². The summed E-state index contributed by atoms with van der Waals surface area (Å²) in [7, 11) is 0. The first kappa shape index (κ1) is 86.4. The Labute approximate surface area is 690 Å². The van der Waals surface area contributed by atoms with Gasteiger partial charge in [0.2, 0.25) is 6.19 Å². The van der Waals surface area contributed by atoms with E-state index in [-0.39, 0.29) is 35.9 Å². The molecule has 2 aliphatic heterocycles. The summed E-state index contributed by atoms with van der Waals surface area (Å²) in [5, 5.41) is 37.7. The van der Waals surface area contributed by atoms with Gasteiger partial charge in [-0.25, -0.2) is 10.3 Å². The third kappa shape index (κ3) is 20.3. The Kier molecular flexibility index (Phi) is 28.4. The predicted octanol–water partition coefficient (Wildman–Crippen LogP) is 24.4. The lowest BCUT2D eigenvalue weighted by Gasteiger charge is -2.50. The number of hydrogen-bond donors (Lipinski definition) is 5. The SMILES string of the molecule is Cc1c(C)c(C)c(C(O)(c2cc(Cl)ccc2N)C(C)(C)C)c(C)c1C.Cc1c(C)c(C)c(C2(C(C)(C)C)OC(NC#N)=Nc3ccc(Cl)cc32)c(C)c1C.Cl.N#CN=C(Oc1ccccc1)Oc1ccccc1.[2H]C([2H])(N)C(C)(C)C.[2H]C([2H])(N=C1Nc2ccc(Cl)cc2C(c2c(C)c(C)c(C)c(C)c2C)(C(C)(C)C)O1)C(C)(C)C. The molecule has 3 unspecified atom stereocenters. The standard InChI is InChI=1S/C28H39ClN2O.C24H28ClN3O.C22H30ClNO.C14H10N2O2.C5H13N.ClH/c1-16-17(2)19(4)24(20(5)18(16)3)28(27(9,10)11)22-14-21(29)12-13-23(22)31-25(32-28)30-15-26(6,7)8;1-13-14(2)16(4)21(17(5)15(13)3)24(23(6,7)8)19-11-18(25)9-10-20(19)28-22(29-24)27-12-26;1-12-13(2)15(4)20(16(5)14(12)3)22(25,21(6,7)8)18-11-17(23)9-10-19(18)24;15-11-16-14(17-12-7-3-1-4-8-12)18-13-9-5-2-6-10-13;1-5(2,3)4-6;/h12-14H,15H2,1-11H3,(H,30,31);9-11H,1-8H3,(H,27,28);9-11,25H,24H2,1-8H3;1-10H;4,6H2,1-3H3;1H/i15D2;;;;4D2;. The van der Waals surface area contributed by atoms with Gasteiger partial charge in [0.15, 0.2) is 17.4 Å². The maximum atomic E-state index is 12.2. The van der Waals surface area contributed by atoms with Crippen molar-refractivity contribution >= 4 is 82.4 Å². The van der Waals surface area contributed by atoms with Crippen LogP contribution in [0.2, 0.25) is 15.1 Å². The van der Waals surface area contributed by atoms with Crippen LogP contribution in [0.4, 0.5) is 17.1 Å². The maximum Gasteiger partial charge on any atom is 0.410 e. The first-order chi connectivity index (χ1) is 52.3. The van der Waals surface area contributed by atoms with Crippen molar-refractivity contribution in [2.45, 2.75) is 225 Å². The summed E-state index contributed by atoms with van der Waals surface area (Å²) in [5.41, 5.74) is 31.9. The van der Waals surface area contributed by atoms with Crippen LogP contribution in [0.3, 0.4) is 0 Å². The van der Waals surface area contributed by atoms with E-state index in [2.05, 4.69) is 171 Å². The molecule has 2 aliphatic rings. The average molecular weight is 1590 g/mol. The normalized spacial score (nSPS) is 16.8. The van der Waals surface area contributed by atoms with Gasteiger partial charge in [-0.3, -0.25) is 0 Å². The van der Waals surface area contributed by atoms with E-state index >= 15 is 0 Å². The molecule has 0 fully saturated rings. The number of rotatable bonds is 7. The van der Waals surface area contributed by atoms with Gasteiger partial charge in [-0.15, -0.1) is 12.4 Å². The molecule has 111 heavy (non-hydrogen) atoms. The van der Waals surface area contributed by atoms with Crippen molar-refractivity contribution in [1.29, 1.82) is 10.5 Å². The summed E-state index contributed by atoms with van der Waals surface area (Å²) < 4.78 is 55.6. The van der Waals surface area contributed by atoms with E-state index in [1.165, 1.54) is 72.3 Å². The van der Waals surface area contributed by atoms with E-state index in [4.69, 9.17) is 76.0 Å². The van der Waals surface area contributed by atoms with Crippen LogP contribution >= 0.6 is 47.2 Å². The van der Waals surface area contributed by atoms with Crippen LogP contribution in [0, 0.1) is 154 Å². The third-order valence-electron chi connectivity index (χ3n) is 21.5. The number of nitrogens with one attached hydrogen (secondary N) is 2. The monoisotopic (exact) mass is 1590 g/mol. The number of aliphatic imine (C=N–C) groups is 3. The molecule has 0 aromatic heterocycles. The molecule has 10 rings (SSSR count). The van der Waals surface area contributed by atoms with Gasteiger partial charge in [0.05, 0.1) is 8.43 Å². The van der Waals surface area contributed by atoms with Crippen LogP contribution in [0.15, 0.2) is 130 Å². The number of anilines is 2. The first-order valence-corrected chi connectivity index (χ1v) is 38.2. The number of halogens is 4. The molecule has 0 bridgehead atoms. The minimum atomic E-state index is -1.84. The fourth-order valence-electron chi connectivity index (χ4n) is 14.2. The number of nitrogen functional groups attached to an aromatic ring is 1. The number of ether oxygens (including phenoxy) is 4. The summed E-state index contributed by atoms with van der Waals surface area (Å²) in [4.78, 5) is 12.5. The van der Waals surface area contributed by atoms with E-state index in [1.54, 1.807) is 69.4 Å². The largest absolute Gasteiger partial charge is 0.448 e. The molecule has 0 radical (unpaired) electrons. The summed E-state index contributed by atoms with van der Waals surface area (Å²) in [6.45, 7) is 58.5. The van der Waals surface area contributed by atoms with Crippen molar-refractivity contribution < 1.29 is 29.5 Å². The van der Waals surface area contributed by atoms with Gasteiger partial charge in [-0.1, -0.05) is 180 Å². The van der Waals surface area contributed by atoms with E-state index in [0.29, 0.717) is 37.8 Å². The number of nitriles is 2. The minimum absolute atomic E-state index is 0. The zero-order chi connectivity index (χ0) is 86.7. The second-order valence-electron chi connectivity index (χ2n) is 33.9. The number of para-hydroxylation sites is 2. The quantitative estimate of drug-likeness (QED) is 0.0332. The Morgan fingerprint density at radius 2 is 0.919 bits per heavy atom. The van der Waals surface area contributed by atoms with Crippen molar-refractivity contribution in [1.82, 2.24) is 5.32 Å². The van der Waals surface area contributed by atoms with E-state index in [1.807, 2.05) is 121 Å². The van der Waals surface area contributed by atoms with Crippen LogP contribution in [-0.2, 0) is 26.3 Å². The lowest BCUT2D eigenvalue weighted by molar-refractivity contribution is -0.0264. The number of hydrogen-bond acceptors (Lipinski definition) is 13. The highest BCUT2D eigenvalue weighted by Gasteiger charge is 2.56. The fourth-order valence-corrected chi connectivity index (χ4v) is 14.7. The van der Waals surface area contributed by atoms with Crippen LogP contribution in [0.5, 0.6) is 11.5 Å². The molecule has 0 saturated carbocycles. The summed E-state index contributed by atoms with van der Waals surface area (Å²) >= 11 is 19.2. The van der Waals surface area contributed by atoms with E-state index in [9.17, 15) is 10.4 Å². The zero-order valence-corrected chi connectivity index (χ0v) is 74.1. The van der Waals surface area contributed by atoms with Crippen LogP contribution in [-0.4, -0.2) is 36.2 Å². The van der Waals surface area contributed by atoms with Crippen molar-refractivity contribution in [3.05, 3.63) is 247 Å². The van der Waals surface area contributed by atoms with Crippen molar-refractivity contribution in [3.8, 4) is 23.9 Å². The smallest absolute Gasteiger partial charge is 0.410 e. The Balaban J connectivity index is 0.000000269. The summed E-state index contributed by atoms with van der Waals surface area (Å²) in [6, 6.07) is 35.1. The summed E-state index contributed by atoms with van der Waals surface area (Å²) in [6.07, 6.45) is 3.49. The second kappa shape index (κ2) is 36.5. The highest BCUT2D eigenvalue weighted by atomic mass is 35.5. The predicted molar refractivity (Wildman–Crippen MR) is 468 cm³/mol. The van der Waals surface area contributed by atoms with Gasteiger partial charge < -0.3 is 40.8 Å². The molecule has 0 aliphatic carbocycles. The van der Waals surface area contributed by atoms with Gasteiger partial charge >= 0.3 is 12.1 Å². The van der Waals surface area contributed by atoms with Crippen molar-refractivity contribution in [3.63, 3.8) is 0 Å². The molecule has 3 atom stereocenters. The number of nitrogens with zero attached hydrogens (tertiary/aromatic N) is 5. The highest BCUT2D eigenvalue weighted by molar-refractivity contribution is 6.31. The number of fused-ring (bicyclic) bond motifs is 2. The molecule has 2 heterocycles. The van der Waals surface area contributed by atoms with E-state index in [0.717, 1.165) is 50.3 Å². The fraction of sp³-hybridized carbons (Fsp3) is 0.430. The number of amidine groups is 2. The van der Waals surface area contributed by atoms with Crippen molar-refractivity contribution in [2.24, 2.45) is 47.8 Å². The minimum Gasteiger partial charge on any atom is -0.448 e. The Hall–Kier alpha value is -8.57. The molecule has 18 heteroatoms. The molecule has 0 amide bonds. The molecule has 0 spiro atoms. The molecular weight excluding hydrogens is 1460 g/mol. The van der Waals surface area contributed by atoms with Gasteiger partial charge in [0, 0.05) is 74.3 Å². The van der Waals surface area contributed by atoms with Gasteiger partial charge in [0.25, 0.3) is 6.02 Å². The molecule has 596 valence electrons. The van der Waals surface area contributed by atoms with Crippen molar-refractivity contribution in [2.75, 3.05) is 24.0 Å². The molecule has 8 aromatic carbocycles. The average Bonchev–Trinajstić information content (AvgIpc) is 0.710. The zero-order valence-electron chi connectivity index (χ0n) is 75.0. The van der Waals surface area contributed by atoms with Gasteiger partial charge in [0.1, 0.15) is 17.1 Å². The summed E-state index contributed by atoms with van der Waals surface area (Å²) in [5.74, 6) is 1.12. The highest BCUT2D eigenvalue weighted by Crippen LogP contribution is 2.58. The third-order valence-corrected chi connectivity index (χ3v) is 22.2. The molecule has 8 aromatic rings. The Bertz CT molecular complexity index is 4930. The maximum absolute atomic E-state index is 12.2. The second-order valence-corrected chi connectivity index (χ2v) is 35.2. The van der Waals surface area contributed by atoms with Gasteiger partial charge in [-0.2, -0.15) is 15.5 Å². The van der Waals surface area contributed by atoms with Crippen LogP contribution in [0.25, 0.3) is 0 Å². The number of benzene rings is 8. The topological polar surface area (TPSA) is 218 Å².